The zero-order chi connectivity index (χ0) is 15.7. The molecule has 1 atom stereocenters. The minimum Gasteiger partial charge on any atom is -0.494 e. The number of amides is 1. The molecule has 1 aromatic rings. The van der Waals surface area contributed by atoms with E-state index in [1.165, 1.54) is 0 Å². The van der Waals surface area contributed by atoms with Crippen LogP contribution in [0.25, 0.3) is 0 Å². The summed E-state index contributed by atoms with van der Waals surface area (Å²) >= 11 is 0. The molecule has 0 spiro atoms. The standard InChI is InChI=1S/C16H23NO4/c1-12-6-5-7-14(10-12)21-9-4-3-8-15(18)17-13(2)11-16(19)20/h5-7,10,13H,3-4,8-9,11H2,1-2H3,(H,17,18)(H,19,20). The SMILES string of the molecule is Cc1cccc(OCCCCC(=O)NC(C)CC(=O)O)c1. The van der Waals surface area contributed by atoms with Crippen molar-refractivity contribution < 1.29 is 19.4 Å². The molecule has 0 aliphatic carbocycles. The van der Waals surface area contributed by atoms with E-state index in [0.29, 0.717) is 13.0 Å². The van der Waals surface area contributed by atoms with Crippen LogP contribution in [0, 0.1) is 6.92 Å². The second-order valence-electron chi connectivity index (χ2n) is 5.19. The van der Waals surface area contributed by atoms with Gasteiger partial charge in [-0.05, 0) is 44.4 Å². The number of unbranched alkanes of at least 4 members (excludes halogenated alkanes) is 1. The van der Waals surface area contributed by atoms with E-state index in [1.54, 1.807) is 6.92 Å². The molecule has 0 heterocycles. The van der Waals surface area contributed by atoms with Crippen LogP contribution in [0.3, 0.4) is 0 Å². The lowest BCUT2D eigenvalue weighted by atomic mass is 10.2. The van der Waals surface area contributed by atoms with E-state index in [0.717, 1.165) is 24.2 Å². The summed E-state index contributed by atoms with van der Waals surface area (Å²) in [4.78, 5) is 22.0. The van der Waals surface area contributed by atoms with E-state index < -0.39 is 5.97 Å². The van der Waals surface area contributed by atoms with E-state index in [2.05, 4.69) is 5.32 Å². The second-order valence-corrected chi connectivity index (χ2v) is 5.19. The fourth-order valence-corrected chi connectivity index (χ4v) is 1.94. The van der Waals surface area contributed by atoms with Crippen LogP contribution in [0.1, 0.15) is 38.2 Å². The average Bonchev–Trinajstić information content (AvgIpc) is 2.37. The molecule has 1 amide bonds. The van der Waals surface area contributed by atoms with E-state index in [4.69, 9.17) is 9.84 Å². The van der Waals surface area contributed by atoms with Crippen LogP contribution in [0.4, 0.5) is 0 Å². The Morgan fingerprint density at radius 1 is 1.33 bits per heavy atom. The Labute approximate surface area is 125 Å². The molecular weight excluding hydrogens is 270 g/mol. The van der Waals surface area contributed by atoms with Gasteiger partial charge in [0.1, 0.15) is 5.75 Å². The van der Waals surface area contributed by atoms with Gasteiger partial charge in [-0.3, -0.25) is 9.59 Å². The molecule has 0 saturated carbocycles. The quantitative estimate of drug-likeness (QED) is 0.686. The van der Waals surface area contributed by atoms with E-state index in [1.807, 2.05) is 31.2 Å². The van der Waals surface area contributed by atoms with Crippen molar-refractivity contribution in [3.05, 3.63) is 29.8 Å². The fourth-order valence-electron chi connectivity index (χ4n) is 1.94. The summed E-state index contributed by atoms with van der Waals surface area (Å²) in [6, 6.07) is 7.50. The lowest BCUT2D eigenvalue weighted by Gasteiger charge is -2.11. The summed E-state index contributed by atoms with van der Waals surface area (Å²) in [6.45, 7) is 4.27. The predicted octanol–water partition coefficient (Wildman–Crippen LogP) is 2.52. The highest BCUT2D eigenvalue weighted by Gasteiger charge is 2.10. The first-order valence-electron chi connectivity index (χ1n) is 7.18. The number of hydrogen-bond donors (Lipinski definition) is 2. The third kappa shape index (κ3) is 7.97. The fraction of sp³-hybridized carbons (Fsp3) is 0.500. The molecular formula is C16H23NO4. The third-order valence-electron chi connectivity index (χ3n) is 2.94. The van der Waals surface area contributed by atoms with Crippen LogP contribution in [0.15, 0.2) is 24.3 Å². The van der Waals surface area contributed by atoms with Crippen molar-refractivity contribution in [3.63, 3.8) is 0 Å². The zero-order valence-corrected chi connectivity index (χ0v) is 12.6. The molecule has 0 saturated heterocycles. The maximum atomic E-state index is 11.6. The first-order chi connectivity index (χ1) is 9.97. The van der Waals surface area contributed by atoms with Crippen LogP contribution in [0.5, 0.6) is 5.75 Å². The molecule has 0 aliphatic rings. The summed E-state index contributed by atoms with van der Waals surface area (Å²) in [6.07, 6.45) is 1.84. The highest BCUT2D eigenvalue weighted by atomic mass is 16.5. The average molecular weight is 293 g/mol. The normalized spacial score (nSPS) is 11.7. The van der Waals surface area contributed by atoms with Crippen LogP contribution < -0.4 is 10.1 Å². The minimum absolute atomic E-state index is 0.0534. The first kappa shape index (κ1) is 17.0. The number of carbonyl (C=O) groups is 2. The van der Waals surface area contributed by atoms with Gasteiger partial charge >= 0.3 is 5.97 Å². The van der Waals surface area contributed by atoms with Gasteiger partial charge in [-0.25, -0.2) is 0 Å². The van der Waals surface area contributed by atoms with Crippen molar-refractivity contribution >= 4 is 11.9 Å². The largest absolute Gasteiger partial charge is 0.494 e. The lowest BCUT2D eigenvalue weighted by molar-refractivity contribution is -0.137. The molecule has 1 aromatic carbocycles. The van der Waals surface area contributed by atoms with Gasteiger partial charge in [0, 0.05) is 12.5 Å². The van der Waals surface area contributed by atoms with E-state index in [9.17, 15) is 9.59 Å². The van der Waals surface area contributed by atoms with E-state index in [-0.39, 0.29) is 18.4 Å². The van der Waals surface area contributed by atoms with Gasteiger partial charge in [-0.2, -0.15) is 0 Å². The van der Waals surface area contributed by atoms with Gasteiger partial charge in [-0.1, -0.05) is 12.1 Å². The highest BCUT2D eigenvalue weighted by molar-refractivity contribution is 5.77. The molecule has 5 nitrogen and oxygen atoms in total. The molecule has 0 bridgehead atoms. The van der Waals surface area contributed by atoms with Gasteiger partial charge in [0.2, 0.25) is 5.91 Å². The second kappa shape index (κ2) is 9.00. The van der Waals surface area contributed by atoms with Crippen molar-refractivity contribution in [2.75, 3.05) is 6.61 Å². The van der Waals surface area contributed by atoms with Crippen molar-refractivity contribution in [1.82, 2.24) is 5.32 Å². The monoisotopic (exact) mass is 293 g/mol. The number of hydrogen-bond acceptors (Lipinski definition) is 3. The molecule has 116 valence electrons. The Morgan fingerprint density at radius 2 is 2.10 bits per heavy atom. The molecule has 2 N–H and O–H groups in total. The van der Waals surface area contributed by atoms with Gasteiger partial charge < -0.3 is 15.2 Å². The molecule has 5 heteroatoms. The molecule has 0 fully saturated rings. The number of carboxylic acids is 1. The Kier molecular flexibility index (Phi) is 7.29. The predicted molar refractivity (Wildman–Crippen MR) is 80.4 cm³/mol. The molecule has 1 unspecified atom stereocenters. The van der Waals surface area contributed by atoms with Crippen LogP contribution in [-0.4, -0.2) is 29.6 Å². The number of ether oxygens (including phenoxy) is 1. The summed E-state index contributed by atoms with van der Waals surface area (Å²) in [5, 5.41) is 11.3. The number of rotatable bonds is 9. The zero-order valence-electron chi connectivity index (χ0n) is 12.6. The number of aliphatic carboxylic acids is 1. The van der Waals surface area contributed by atoms with Crippen LogP contribution >= 0.6 is 0 Å². The number of carboxylic acid groups (broad SMARTS) is 1. The van der Waals surface area contributed by atoms with Crippen LogP contribution in [-0.2, 0) is 9.59 Å². The molecule has 0 radical (unpaired) electrons. The maximum absolute atomic E-state index is 11.6. The number of benzene rings is 1. The van der Waals surface area contributed by atoms with Gasteiger partial charge in [-0.15, -0.1) is 0 Å². The molecule has 21 heavy (non-hydrogen) atoms. The third-order valence-corrected chi connectivity index (χ3v) is 2.94. The number of nitrogens with one attached hydrogen (secondary N) is 1. The Balaban J connectivity index is 2.11. The summed E-state index contributed by atoms with van der Waals surface area (Å²) in [7, 11) is 0. The topological polar surface area (TPSA) is 75.6 Å². The van der Waals surface area contributed by atoms with E-state index >= 15 is 0 Å². The Bertz CT molecular complexity index is 473. The Hall–Kier alpha value is -2.04. The van der Waals surface area contributed by atoms with Gasteiger partial charge in [0.25, 0.3) is 0 Å². The number of carbonyl (C=O) groups excluding carboxylic acids is 1. The van der Waals surface area contributed by atoms with Gasteiger partial charge in [0.05, 0.1) is 13.0 Å². The highest BCUT2D eigenvalue weighted by Crippen LogP contribution is 2.12. The van der Waals surface area contributed by atoms with Crippen molar-refractivity contribution in [2.45, 2.75) is 45.6 Å². The van der Waals surface area contributed by atoms with Crippen molar-refractivity contribution in [1.29, 1.82) is 0 Å². The minimum atomic E-state index is -0.908. The molecule has 0 aliphatic heterocycles. The molecule has 1 rings (SSSR count). The summed E-state index contributed by atoms with van der Waals surface area (Å²) in [5.41, 5.74) is 1.15. The van der Waals surface area contributed by atoms with Gasteiger partial charge in [0.15, 0.2) is 0 Å². The number of aryl methyl sites for hydroxylation is 1. The van der Waals surface area contributed by atoms with Crippen molar-refractivity contribution in [3.8, 4) is 5.75 Å². The Morgan fingerprint density at radius 3 is 2.76 bits per heavy atom. The van der Waals surface area contributed by atoms with Crippen molar-refractivity contribution in [2.24, 2.45) is 0 Å². The smallest absolute Gasteiger partial charge is 0.305 e. The maximum Gasteiger partial charge on any atom is 0.305 e. The summed E-state index contributed by atoms with van der Waals surface area (Å²) < 4.78 is 5.59. The first-order valence-corrected chi connectivity index (χ1v) is 7.18. The summed E-state index contributed by atoms with van der Waals surface area (Å²) in [5.74, 6) is -0.178. The van der Waals surface area contributed by atoms with Crippen LogP contribution in [0.2, 0.25) is 0 Å². The lowest BCUT2D eigenvalue weighted by Crippen LogP contribution is -2.34. The molecule has 0 aromatic heterocycles.